The van der Waals surface area contributed by atoms with Crippen molar-refractivity contribution in [3.8, 4) is 40.1 Å². The number of hydrogen-bond donors (Lipinski definition) is 11. The highest BCUT2D eigenvalue weighted by atomic mass is 33.1. The van der Waals surface area contributed by atoms with Gasteiger partial charge < -0.3 is 73.3 Å². The summed E-state index contributed by atoms with van der Waals surface area (Å²) in [4.78, 5) is 117. The number of alkyl halides is 12. The lowest BCUT2D eigenvalue weighted by molar-refractivity contribution is -0.193. The first-order valence-corrected chi connectivity index (χ1v) is 29.8. The molecule has 0 saturated carbocycles. The molecule has 4 atom stereocenters. The van der Waals surface area contributed by atoms with Gasteiger partial charge in [-0.25, -0.2) is 29.1 Å². The highest BCUT2D eigenvalue weighted by molar-refractivity contribution is 8.76. The maximum atomic E-state index is 14.7. The lowest BCUT2D eigenvalue weighted by atomic mass is 9.93. The molecule has 5 rings (SSSR count). The minimum absolute atomic E-state index is 0.000891. The smallest absolute Gasteiger partial charge is 0.490 e. The van der Waals surface area contributed by atoms with Crippen molar-refractivity contribution in [2.45, 2.75) is 107 Å². The third-order valence-corrected chi connectivity index (χ3v) is 14.4. The molecule has 1 aliphatic heterocycles. The van der Waals surface area contributed by atoms with E-state index in [4.69, 9.17) is 66.3 Å². The number of amides is 5. The molecule has 530 valence electrons. The zero-order valence-corrected chi connectivity index (χ0v) is 52.4. The Morgan fingerprint density at radius 3 is 1.70 bits per heavy atom. The number of ether oxygens (including phenoxy) is 2. The van der Waals surface area contributed by atoms with Gasteiger partial charge in [0.2, 0.25) is 23.6 Å². The van der Waals surface area contributed by atoms with Crippen molar-refractivity contribution < 1.29 is 126 Å². The number of rotatable bonds is 21. The Labute approximate surface area is 545 Å². The number of nitriles is 1. The second-order valence-electron chi connectivity index (χ2n) is 19.2. The fraction of sp³-hybridized carbons (Fsp3) is 0.429. The number of benzene rings is 3. The average Bonchev–Trinajstić information content (AvgIpc) is 0.784. The lowest BCUT2D eigenvalue weighted by Gasteiger charge is -2.32. The van der Waals surface area contributed by atoms with Crippen molar-refractivity contribution in [2.24, 2.45) is 17.2 Å². The van der Waals surface area contributed by atoms with E-state index in [2.05, 4.69) is 38.2 Å². The summed E-state index contributed by atoms with van der Waals surface area (Å²) in [7, 11) is 4.96. The molecule has 0 radical (unpaired) electrons. The van der Waals surface area contributed by atoms with Gasteiger partial charge in [-0.1, -0.05) is 65.6 Å². The third kappa shape index (κ3) is 29.6. The molecule has 4 aromatic rings. The van der Waals surface area contributed by atoms with E-state index in [1.165, 1.54) is 44.3 Å². The summed E-state index contributed by atoms with van der Waals surface area (Å²) in [5, 5.41) is 48.4. The van der Waals surface area contributed by atoms with Crippen molar-refractivity contribution in [2.75, 3.05) is 52.2 Å². The van der Waals surface area contributed by atoms with Crippen LogP contribution in [0.1, 0.15) is 72.8 Å². The average molecular weight is 1420 g/mol. The van der Waals surface area contributed by atoms with Gasteiger partial charge in [0.05, 0.1) is 17.3 Å². The van der Waals surface area contributed by atoms with E-state index < -0.39 is 102 Å². The van der Waals surface area contributed by atoms with Crippen molar-refractivity contribution in [1.29, 1.82) is 5.26 Å². The molecule has 2 heterocycles. The largest absolute Gasteiger partial charge is 0.492 e. The Balaban J connectivity index is 0.00000136. The van der Waals surface area contributed by atoms with E-state index in [1.54, 1.807) is 54.1 Å². The fourth-order valence-corrected chi connectivity index (χ4v) is 9.51. The lowest BCUT2D eigenvalue weighted by Crippen LogP contribution is -2.56. The molecule has 1 aliphatic rings. The Hall–Kier alpha value is -9.20. The SMILES string of the molecule is CCCCCSSc1ccc(-c2ncc(C(=O)N[C@@H](CCN)C(=O)N(C)[C@@H]3C(=O)N[C@@H](C)C(=O)N[C@H](C(=O)NCC#N)Cc4ccc(OCCN)c(c4)-c4cc3ccc4OCCN)c(C)n2)cc1.O=C(O)C(F)(F)F.O=C(O)C(F)(F)F.O=C(O)C(F)(F)F.O=C(O)C(F)(F)F. The number of hydrogen-bond acceptors (Lipinski definition) is 19. The molecule has 5 amide bonds. The predicted octanol–water partition coefficient (Wildman–Crippen LogP) is 6.09. The number of likely N-dealkylation sites (N-methyl/N-ethyl adjacent to an activating group) is 1. The molecule has 96 heavy (non-hydrogen) atoms. The molecule has 40 heteroatoms. The van der Waals surface area contributed by atoms with Crippen molar-refractivity contribution in [1.82, 2.24) is 36.1 Å². The monoisotopic (exact) mass is 1420 g/mol. The predicted molar refractivity (Wildman–Crippen MR) is 318 cm³/mol. The quantitative estimate of drug-likeness (QED) is 0.0194. The van der Waals surface area contributed by atoms with E-state index in [0.29, 0.717) is 45.3 Å². The normalized spacial score (nSPS) is 14.8. The number of nitrogens with two attached hydrogens (primary N) is 3. The van der Waals surface area contributed by atoms with Gasteiger partial charge in [-0.15, -0.1) is 0 Å². The van der Waals surface area contributed by atoms with Crippen LogP contribution in [0.15, 0.2) is 71.8 Å². The standard InChI is InChI=1S/C48H61N11O7S2.4C2HF3O2/c1-5-6-7-24-67-68-34-12-9-32(10-13-34)43-54-28-37(29(2)55-43)45(61)57-38(16-17-49)48(64)59(4)42-33-11-15-41(66-23-20-52)36(27-33)35-25-31(8-14-40(35)65-22-19-51)26-39(46(62)53-21-18-50)58-44(60)30(3)56-47(42)63;4*3-2(4,5)1(6)7/h8-15,25,27-28,30,38-39,42H,5-7,16-17,19-24,26,49,51-52H2,1-4H3,(H,53,62)(H,56,63)(H,57,61)(H,58,60);4*(H,6,7)/t30-,38-,39-,42-;;;;/m0..../s1. The molecule has 0 fully saturated rings. The summed E-state index contributed by atoms with van der Waals surface area (Å²) < 4.78 is 139. The summed E-state index contributed by atoms with van der Waals surface area (Å²) in [5.41, 5.74) is 20.9. The number of carbonyl (C=O) groups is 9. The van der Waals surface area contributed by atoms with Gasteiger partial charge >= 0.3 is 48.6 Å². The first-order chi connectivity index (χ1) is 44.6. The second kappa shape index (κ2) is 40.3. The van der Waals surface area contributed by atoms with Crippen molar-refractivity contribution in [3.05, 3.63) is 89.2 Å². The summed E-state index contributed by atoms with van der Waals surface area (Å²) in [5.74, 6) is -12.1. The molecular weight excluding hydrogens is 1360 g/mol. The Kier molecular flexibility index (Phi) is 35.6. The second-order valence-corrected chi connectivity index (χ2v) is 21.7. The number of aliphatic carboxylic acids is 4. The van der Waals surface area contributed by atoms with Crippen LogP contribution in [0.2, 0.25) is 0 Å². The van der Waals surface area contributed by atoms with Crippen LogP contribution in [0.25, 0.3) is 22.5 Å². The Morgan fingerprint density at radius 1 is 0.740 bits per heavy atom. The van der Waals surface area contributed by atoms with E-state index in [0.717, 1.165) is 16.2 Å². The molecular formula is C56H65F12N11O15S2. The summed E-state index contributed by atoms with van der Waals surface area (Å²) in [6.07, 6.45) is -15.3. The van der Waals surface area contributed by atoms with Crippen molar-refractivity contribution in [3.63, 3.8) is 0 Å². The maximum Gasteiger partial charge on any atom is 0.490 e. The minimum Gasteiger partial charge on any atom is -0.492 e. The topological polar surface area (TPSA) is 432 Å². The number of aryl methyl sites for hydroxylation is 1. The third-order valence-electron chi connectivity index (χ3n) is 11.9. The number of fused-ring (bicyclic) bond motifs is 5. The van der Waals surface area contributed by atoms with E-state index in [9.17, 15) is 81.9 Å². The number of aromatic nitrogens is 2. The van der Waals surface area contributed by atoms with Gasteiger partial charge in [0, 0.05) is 60.1 Å². The summed E-state index contributed by atoms with van der Waals surface area (Å²) >= 11 is 0. The Morgan fingerprint density at radius 2 is 1.24 bits per heavy atom. The molecule has 0 saturated heterocycles. The number of carboxylic acid groups (broad SMARTS) is 4. The molecule has 14 N–H and O–H groups in total. The number of carbonyl (C=O) groups excluding carboxylic acids is 5. The highest BCUT2D eigenvalue weighted by Gasteiger charge is 2.41. The minimum atomic E-state index is -5.08. The maximum absolute atomic E-state index is 14.7. The van der Waals surface area contributed by atoms with E-state index in [1.807, 2.05) is 41.1 Å². The molecule has 0 aliphatic carbocycles. The van der Waals surface area contributed by atoms with Gasteiger partial charge in [-0.3, -0.25) is 24.0 Å². The number of halogens is 12. The first-order valence-electron chi connectivity index (χ1n) is 27.5. The molecule has 0 unspecified atom stereocenters. The summed E-state index contributed by atoms with van der Waals surface area (Å²) in [6.45, 7) is 5.68. The van der Waals surface area contributed by atoms with Crippen LogP contribution in [-0.4, -0.2) is 184 Å². The molecule has 4 bridgehead atoms. The number of unbranched alkanes of at least 4 members (excludes halogenated alkanes) is 2. The Bertz CT molecular complexity index is 3230. The van der Waals surface area contributed by atoms with Crippen LogP contribution in [-0.2, 0) is 44.8 Å². The van der Waals surface area contributed by atoms with Crippen LogP contribution < -0.4 is 47.9 Å². The number of nitrogens with zero attached hydrogens (tertiary/aromatic N) is 4. The molecule has 1 aromatic heterocycles. The number of nitrogens with one attached hydrogen (secondary N) is 4. The van der Waals surface area contributed by atoms with Gasteiger partial charge in [0.25, 0.3) is 5.91 Å². The van der Waals surface area contributed by atoms with Crippen LogP contribution in [0, 0.1) is 18.3 Å². The van der Waals surface area contributed by atoms with Crippen LogP contribution in [0.3, 0.4) is 0 Å². The van der Waals surface area contributed by atoms with E-state index >= 15 is 0 Å². The van der Waals surface area contributed by atoms with Crippen LogP contribution in [0.5, 0.6) is 11.5 Å². The molecule has 26 nitrogen and oxygen atoms in total. The van der Waals surface area contributed by atoms with Crippen LogP contribution in [0.4, 0.5) is 52.7 Å². The van der Waals surface area contributed by atoms with Crippen LogP contribution >= 0.6 is 21.6 Å². The zero-order chi connectivity index (χ0) is 73.5. The van der Waals surface area contributed by atoms with E-state index in [-0.39, 0.29) is 57.8 Å². The van der Waals surface area contributed by atoms with Gasteiger partial charge in [0.1, 0.15) is 55.4 Å². The van der Waals surface area contributed by atoms with Gasteiger partial charge in [0.15, 0.2) is 5.82 Å². The number of carboxylic acids is 4. The van der Waals surface area contributed by atoms with Gasteiger partial charge in [-0.05, 0) is 80.8 Å². The zero-order valence-electron chi connectivity index (χ0n) is 50.8. The molecule has 3 aromatic carbocycles. The summed E-state index contributed by atoms with van der Waals surface area (Å²) in [6, 6.07) is 14.9. The van der Waals surface area contributed by atoms with Crippen molar-refractivity contribution >= 4 is 75.0 Å². The molecule has 0 spiro atoms. The first kappa shape index (κ1) is 84.8. The fourth-order valence-electron chi connectivity index (χ4n) is 7.37. The highest BCUT2D eigenvalue weighted by Crippen LogP contribution is 2.40. The van der Waals surface area contributed by atoms with Gasteiger partial charge in [-0.2, -0.15) is 57.9 Å².